The number of hydrogen-bond donors (Lipinski definition) is 1. The van der Waals surface area contributed by atoms with E-state index in [1.54, 1.807) is 6.20 Å². The smallest absolute Gasteiger partial charge is 0.270 e. The Bertz CT molecular complexity index is 833. The molecule has 1 saturated heterocycles. The van der Waals surface area contributed by atoms with Crippen LogP contribution in [0.2, 0.25) is 0 Å². The second-order valence-corrected chi connectivity index (χ2v) is 7.71. The van der Waals surface area contributed by atoms with Crippen LogP contribution in [-0.4, -0.2) is 44.2 Å². The number of carbonyl (C=O) groups is 1. The number of pyridine rings is 1. The summed E-state index contributed by atoms with van der Waals surface area (Å²) < 4.78 is 4.83. The Kier molecular flexibility index (Phi) is 4.26. The van der Waals surface area contributed by atoms with Gasteiger partial charge in [0.05, 0.1) is 5.54 Å². The molecule has 7 heteroatoms. The van der Waals surface area contributed by atoms with E-state index in [0.717, 1.165) is 61.3 Å². The molecular formula is C19H25N5O2. The zero-order valence-corrected chi connectivity index (χ0v) is 15.6. The lowest BCUT2D eigenvalue weighted by atomic mass is 9.92. The van der Waals surface area contributed by atoms with Crippen LogP contribution in [0.4, 0.5) is 0 Å². The number of aryl methyl sites for hydroxylation is 3. The molecule has 26 heavy (non-hydrogen) atoms. The van der Waals surface area contributed by atoms with E-state index in [9.17, 15) is 4.79 Å². The van der Waals surface area contributed by atoms with E-state index in [-0.39, 0.29) is 11.4 Å². The third kappa shape index (κ3) is 2.90. The molecule has 2 aromatic heterocycles. The quantitative estimate of drug-likeness (QED) is 0.906. The first-order valence-electron chi connectivity index (χ1n) is 9.26. The second-order valence-electron chi connectivity index (χ2n) is 7.71. The first kappa shape index (κ1) is 17.1. The Morgan fingerprint density at radius 3 is 2.92 bits per heavy atom. The maximum atomic E-state index is 12.9. The van der Waals surface area contributed by atoms with Crippen molar-refractivity contribution in [3.8, 4) is 0 Å². The molecule has 1 saturated carbocycles. The van der Waals surface area contributed by atoms with Crippen LogP contribution in [0.1, 0.15) is 58.7 Å². The predicted molar refractivity (Wildman–Crippen MR) is 95.6 cm³/mol. The van der Waals surface area contributed by atoms with Crippen molar-refractivity contribution >= 4 is 5.91 Å². The molecule has 2 aromatic rings. The topological polar surface area (TPSA) is 84.2 Å². The van der Waals surface area contributed by atoms with E-state index < -0.39 is 0 Å². The minimum atomic E-state index is -0.166. The summed E-state index contributed by atoms with van der Waals surface area (Å²) in [5, 5.41) is 11.2. The Hall–Kier alpha value is -2.28. The average molecular weight is 355 g/mol. The van der Waals surface area contributed by atoms with Crippen LogP contribution in [0.3, 0.4) is 0 Å². The number of nitrogens with one attached hydrogen (secondary N) is 1. The molecule has 0 aromatic carbocycles. The highest BCUT2D eigenvalue weighted by Gasteiger charge is 2.51. The standard InChI is InChI=1S/C19H25N5O2/c1-12-9-13(2)17(20-10-12)18(25)21-19-6-4-5-16(19)24(8-7-19)11-15-14(3)22-26-23-15/h9-10,16H,4-8,11H2,1-3H3,(H,21,25). The molecule has 4 rings (SSSR count). The SMILES string of the molecule is Cc1cnc(C(=O)NC23CCCC2N(Cc2nonc2C)CC3)c(C)c1. The summed E-state index contributed by atoms with van der Waals surface area (Å²) in [6, 6.07) is 2.33. The molecule has 2 unspecified atom stereocenters. The highest BCUT2D eigenvalue weighted by Crippen LogP contribution is 2.42. The summed E-state index contributed by atoms with van der Waals surface area (Å²) in [5.74, 6) is -0.0597. The van der Waals surface area contributed by atoms with Crippen molar-refractivity contribution in [3.05, 3.63) is 40.5 Å². The van der Waals surface area contributed by atoms with E-state index in [0.29, 0.717) is 11.7 Å². The molecule has 2 atom stereocenters. The van der Waals surface area contributed by atoms with Crippen molar-refractivity contribution in [1.29, 1.82) is 0 Å². The largest absolute Gasteiger partial charge is 0.344 e. The summed E-state index contributed by atoms with van der Waals surface area (Å²) in [6.45, 7) is 7.51. The number of aromatic nitrogens is 3. The van der Waals surface area contributed by atoms with Gasteiger partial charge in [0.25, 0.3) is 5.91 Å². The third-order valence-corrected chi connectivity index (χ3v) is 5.92. The van der Waals surface area contributed by atoms with Crippen molar-refractivity contribution in [2.45, 2.75) is 64.6 Å². The highest BCUT2D eigenvalue weighted by molar-refractivity contribution is 5.94. The van der Waals surface area contributed by atoms with Gasteiger partial charge in [0.2, 0.25) is 0 Å². The molecule has 2 aliphatic rings. The molecule has 0 bridgehead atoms. The number of fused-ring (bicyclic) bond motifs is 1. The van der Waals surface area contributed by atoms with Gasteiger partial charge in [-0.05, 0) is 57.6 Å². The van der Waals surface area contributed by atoms with Gasteiger partial charge < -0.3 is 5.32 Å². The second kappa shape index (κ2) is 6.46. The number of rotatable bonds is 4. The molecule has 3 heterocycles. The molecular weight excluding hydrogens is 330 g/mol. The third-order valence-electron chi connectivity index (χ3n) is 5.92. The fourth-order valence-electron chi connectivity index (χ4n) is 4.60. The van der Waals surface area contributed by atoms with E-state index in [1.165, 1.54) is 0 Å². The lowest BCUT2D eigenvalue weighted by Gasteiger charge is -2.33. The van der Waals surface area contributed by atoms with Crippen molar-refractivity contribution < 1.29 is 9.42 Å². The van der Waals surface area contributed by atoms with Crippen LogP contribution in [0, 0.1) is 20.8 Å². The lowest BCUT2D eigenvalue weighted by Crippen LogP contribution is -2.53. The Balaban J connectivity index is 1.52. The molecule has 1 aliphatic carbocycles. The summed E-state index contributed by atoms with van der Waals surface area (Å²) in [5.41, 5.74) is 4.08. The van der Waals surface area contributed by atoms with Crippen molar-refractivity contribution in [2.24, 2.45) is 0 Å². The van der Waals surface area contributed by atoms with E-state index in [2.05, 4.69) is 25.5 Å². The number of carbonyl (C=O) groups excluding carboxylic acids is 1. The Morgan fingerprint density at radius 2 is 2.19 bits per heavy atom. The van der Waals surface area contributed by atoms with Gasteiger partial charge >= 0.3 is 0 Å². The fraction of sp³-hybridized carbons (Fsp3) is 0.579. The number of hydrogen-bond acceptors (Lipinski definition) is 6. The van der Waals surface area contributed by atoms with E-state index in [1.807, 2.05) is 26.8 Å². The average Bonchev–Trinajstić information content (AvgIpc) is 3.25. The van der Waals surface area contributed by atoms with Crippen molar-refractivity contribution in [2.75, 3.05) is 6.54 Å². The van der Waals surface area contributed by atoms with Crippen LogP contribution in [0.25, 0.3) is 0 Å². The molecule has 2 fully saturated rings. The molecule has 138 valence electrons. The van der Waals surface area contributed by atoms with Gasteiger partial charge in [-0.3, -0.25) is 14.7 Å². The predicted octanol–water partition coefficient (Wildman–Crippen LogP) is 2.32. The molecule has 7 nitrogen and oxygen atoms in total. The van der Waals surface area contributed by atoms with Gasteiger partial charge in [0.15, 0.2) is 0 Å². The van der Waals surface area contributed by atoms with Crippen LogP contribution < -0.4 is 5.32 Å². The summed E-state index contributed by atoms with van der Waals surface area (Å²) >= 11 is 0. The van der Waals surface area contributed by atoms with Gasteiger partial charge in [-0.2, -0.15) is 0 Å². The monoisotopic (exact) mass is 355 g/mol. The zero-order chi connectivity index (χ0) is 18.3. The van der Waals surface area contributed by atoms with Crippen molar-refractivity contribution in [3.63, 3.8) is 0 Å². The van der Waals surface area contributed by atoms with E-state index >= 15 is 0 Å². The van der Waals surface area contributed by atoms with Gasteiger partial charge in [0.1, 0.15) is 17.1 Å². The van der Waals surface area contributed by atoms with Crippen LogP contribution in [-0.2, 0) is 6.54 Å². The molecule has 1 N–H and O–H groups in total. The molecule has 1 aliphatic heterocycles. The summed E-state index contributed by atoms with van der Waals surface area (Å²) in [6.07, 6.45) is 5.94. The minimum Gasteiger partial charge on any atom is -0.344 e. The van der Waals surface area contributed by atoms with Gasteiger partial charge in [0, 0.05) is 25.3 Å². The number of amides is 1. The highest BCUT2D eigenvalue weighted by atomic mass is 16.6. The molecule has 0 spiro atoms. The van der Waals surface area contributed by atoms with Gasteiger partial charge in [-0.15, -0.1) is 0 Å². The first-order valence-corrected chi connectivity index (χ1v) is 9.26. The maximum absolute atomic E-state index is 12.9. The van der Waals surface area contributed by atoms with Gasteiger partial charge in [-0.25, -0.2) is 4.63 Å². The number of nitrogens with zero attached hydrogens (tertiary/aromatic N) is 4. The normalized spacial score (nSPS) is 25.4. The van der Waals surface area contributed by atoms with Gasteiger partial charge in [-0.1, -0.05) is 16.4 Å². The Labute approximate surface area is 153 Å². The zero-order valence-electron chi connectivity index (χ0n) is 15.6. The Morgan fingerprint density at radius 1 is 1.35 bits per heavy atom. The van der Waals surface area contributed by atoms with Crippen LogP contribution >= 0.6 is 0 Å². The first-order chi connectivity index (χ1) is 12.5. The van der Waals surface area contributed by atoms with Crippen LogP contribution in [0.5, 0.6) is 0 Å². The molecule has 0 radical (unpaired) electrons. The number of likely N-dealkylation sites (tertiary alicyclic amines) is 1. The minimum absolute atomic E-state index is 0.0597. The maximum Gasteiger partial charge on any atom is 0.270 e. The fourth-order valence-corrected chi connectivity index (χ4v) is 4.60. The van der Waals surface area contributed by atoms with E-state index in [4.69, 9.17) is 4.63 Å². The lowest BCUT2D eigenvalue weighted by molar-refractivity contribution is 0.0873. The molecule has 1 amide bonds. The summed E-state index contributed by atoms with van der Waals surface area (Å²) in [4.78, 5) is 19.7. The van der Waals surface area contributed by atoms with Crippen LogP contribution in [0.15, 0.2) is 16.9 Å². The van der Waals surface area contributed by atoms with Crippen molar-refractivity contribution in [1.82, 2.24) is 25.5 Å². The summed E-state index contributed by atoms with van der Waals surface area (Å²) in [7, 11) is 0.